The molecule has 0 spiro atoms. The molecule has 4 heteroatoms. The molecule has 2 aromatic rings. The molecule has 2 aliphatic carbocycles. The van der Waals surface area contributed by atoms with Crippen molar-refractivity contribution in [3.05, 3.63) is 84.4 Å². The van der Waals surface area contributed by atoms with Gasteiger partial charge in [0.1, 0.15) is 5.78 Å². The smallest absolute Gasteiger partial charge is 0.227 e. The van der Waals surface area contributed by atoms with Gasteiger partial charge in [0.05, 0.1) is 5.41 Å². The summed E-state index contributed by atoms with van der Waals surface area (Å²) < 4.78 is 0. The summed E-state index contributed by atoms with van der Waals surface area (Å²) in [5.74, 6) is 1.15. The predicted molar refractivity (Wildman–Crippen MR) is 151 cm³/mol. The van der Waals surface area contributed by atoms with E-state index in [0.717, 1.165) is 38.8 Å². The number of amides is 1. The van der Waals surface area contributed by atoms with Gasteiger partial charge in [-0.2, -0.15) is 0 Å². The highest BCUT2D eigenvalue weighted by Gasteiger charge is 2.60. The number of Topliss-reactive ketones (excluding diaryl/α,β-unsaturated/α-hetero) is 1. The first-order chi connectivity index (χ1) is 17.6. The first-order valence-corrected chi connectivity index (χ1v) is 13.9. The van der Waals surface area contributed by atoms with Gasteiger partial charge in [0.15, 0.2) is 0 Å². The lowest BCUT2D eigenvalue weighted by molar-refractivity contribution is -0.139. The number of nitrogens with one attached hydrogen (secondary N) is 1. The van der Waals surface area contributed by atoms with E-state index in [1.807, 2.05) is 26.8 Å². The molecule has 0 heterocycles. The van der Waals surface area contributed by atoms with Crippen LogP contribution in [0.4, 0.5) is 0 Å². The van der Waals surface area contributed by atoms with E-state index in [-0.39, 0.29) is 23.1 Å². The molecule has 0 aromatic heterocycles. The van der Waals surface area contributed by atoms with E-state index in [4.69, 9.17) is 0 Å². The normalized spacial score (nSPS) is 27.2. The van der Waals surface area contributed by atoms with Crippen LogP contribution >= 0.6 is 0 Å². The first-order valence-electron chi connectivity index (χ1n) is 13.9. The van der Waals surface area contributed by atoms with Crippen LogP contribution in [0.25, 0.3) is 0 Å². The highest BCUT2D eigenvalue weighted by molar-refractivity contribution is 5.90. The Balaban J connectivity index is 1.61. The summed E-state index contributed by atoms with van der Waals surface area (Å²) in [5, 5.41) is 3.25. The molecule has 2 aromatic carbocycles. The van der Waals surface area contributed by atoms with Crippen LogP contribution in [0.2, 0.25) is 0 Å². The average Bonchev–Trinajstić information content (AvgIpc) is 3.36. The fourth-order valence-corrected chi connectivity index (χ4v) is 7.17. The maximum Gasteiger partial charge on any atom is 0.227 e. The Bertz CT molecular complexity index is 1030. The molecule has 3 unspecified atom stereocenters. The van der Waals surface area contributed by atoms with Crippen molar-refractivity contribution >= 4 is 11.7 Å². The zero-order valence-corrected chi connectivity index (χ0v) is 23.1. The van der Waals surface area contributed by atoms with Gasteiger partial charge < -0.3 is 5.32 Å². The number of hydrogen-bond acceptors (Lipinski definition) is 3. The minimum atomic E-state index is -0.642. The molecule has 4 rings (SSSR count). The Morgan fingerprint density at radius 1 is 1.00 bits per heavy atom. The van der Waals surface area contributed by atoms with Crippen LogP contribution in [0.5, 0.6) is 0 Å². The third-order valence-electron chi connectivity index (χ3n) is 8.48. The number of rotatable bonds is 10. The highest BCUT2D eigenvalue weighted by Crippen LogP contribution is 2.60. The minimum absolute atomic E-state index is 0.0541. The van der Waals surface area contributed by atoms with E-state index in [0.29, 0.717) is 24.3 Å². The van der Waals surface area contributed by atoms with E-state index < -0.39 is 5.41 Å². The third kappa shape index (κ3) is 6.41. The van der Waals surface area contributed by atoms with Crippen molar-refractivity contribution < 1.29 is 9.59 Å². The van der Waals surface area contributed by atoms with Crippen LogP contribution in [0.1, 0.15) is 70.9 Å². The second-order valence-corrected chi connectivity index (χ2v) is 12.5. The third-order valence-corrected chi connectivity index (χ3v) is 8.48. The Morgan fingerprint density at radius 2 is 1.57 bits per heavy atom. The molecule has 1 amide bonds. The van der Waals surface area contributed by atoms with Crippen LogP contribution in [-0.2, 0) is 22.7 Å². The summed E-state index contributed by atoms with van der Waals surface area (Å²) in [5.41, 5.74) is 1.68. The molecular formula is C33H44N2O2. The molecule has 2 saturated carbocycles. The van der Waals surface area contributed by atoms with Crippen molar-refractivity contribution in [1.29, 1.82) is 0 Å². The maximum absolute atomic E-state index is 13.8. The predicted octanol–water partition coefficient (Wildman–Crippen LogP) is 6.56. The maximum atomic E-state index is 13.8. The highest BCUT2D eigenvalue weighted by atomic mass is 16.2. The van der Waals surface area contributed by atoms with E-state index in [9.17, 15) is 9.59 Å². The summed E-state index contributed by atoms with van der Waals surface area (Å²) in [6.07, 6.45) is 5.98. The number of ketones is 1. The molecule has 0 bridgehead atoms. The van der Waals surface area contributed by atoms with Crippen molar-refractivity contribution in [2.75, 3.05) is 0 Å². The van der Waals surface area contributed by atoms with Gasteiger partial charge in [-0.05, 0) is 82.3 Å². The lowest BCUT2D eigenvalue weighted by atomic mass is 9.68. The summed E-state index contributed by atoms with van der Waals surface area (Å²) in [7, 11) is 0. The van der Waals surface area contributed by atoms with Crippen molar-refractivity contribution in [2.24, 2.45) is 23.2 Å². The Morgan fingerprint density at radius 3 is 2.05 bits per heavy atom. The van der Waals surface area contributed by atoms with Gasteiger partial charge in [-0.25, -0.2) is 0 Å². The molecule has 4 nitrogen and oxygen atoms in total. The van der Waals surface area contributed by atoms with Crippen LogP contribution in [-0.4, -0.2) is 28.2 Å². The molecule has 37 heavy (non-hydrogen) atoms. The van der Waals surface area contributed by atoms with Crippen molar-refractivity contribution in [2.45, 2.75) is 84.5 Å². The van der Waals surface area contributed by atoms with Gasteiger partial charge in [-0.1, -0.05) is 66.7 Å². The lowest BCUT2D eigenvalue weighted by Gasteiger charge is -2.39. The number of carbonyl (C=O) groups excluding carboxylic acids is 2. The van der Waals surface area contributed by atoms with E-state index in [1.54, 1.807) is 6.92 Å². The van der Waals surface area contributed by atoms with Crippen molar-refractivity contribution in [3.8, 4) is 0 Å². The van der Waals surface area contributed by atoms with E-state index in [2.05, 4.69) is 77.5 Å². The van der Waals surface area contributed by atoms with Crippen LogP contribution in [0.15, 0.2) is 73.3 Å². The monoisotopic (exact) mass is 500 g/mol. The molecule has 1 N–H and O–H groups in total. The Labute approximate surface area is 223 Å². The van der Waals surface area contributed by atoms with Crippen LogP contribution in [0.3, 0.4) is 0 Å². The zero-order chi connectivity index (χ0) is 26.6. The number of carbonyl (C=O) groups is 2. The zero-order valence-electron chi connectivity index (χ0n) is 23.1. The van der Waals surface area contributed by atoms with Gasteiger partial charge >= 0.3 is 0 Å². The number of hydrogen-bond donors (Lipinski definition) is 1. The topological polar surface area (TPSA) is 49.4 Å². The standard InChI is InChI=1S/C33H44N2O2/c1-6-13-30-29-19-28(18-27(29)21-33(30,20-24(2)36)31(37)34-32(3,4)5)35(22-25-14-9-7-10-15-25)23-26-16-11-8-12-17-26/h6-12,14-17,27-30H,1,13,18-23H2,2-5H3,(H,34,37)/t27-,28?,29-,30?,33?/m1/s1. The molecule has 2 aliphatic rings. The number of fused-ring (bicyclic) bond motifs is 1. The number of allylic oxidation sites excluding steroid dienone is 1. The Hall–Kier alpha value is -2.72. The number of benzene rings is 2. The molecule has 0 aliphatic heterocycles. The van der Waals surface area contributed by atoms with E-state index in [1.165, 1.54) is 11.1 Å². The van der Waals surface area contributed by atoms with Crippen molar-refractivity contribution in [1.82, 2.24) is 10.2 Å². The summed E-state index contributed by atoms with van der Waals surface area (Å²) >= 11 is 0. The molecule has 0 radical (unpaired) electrons. The largest absolute Gasteiger partial charge is 0.351 e. The molecule has 2 fully saturated rings. The number of nitrogens with zero attached hydrogens (tertiary/aromatic N) is 1. The quantitative estimate of drug-likeness (QED) is 0.376. The fourth-order valence-electron chi connectivity index (χ4n) is 7.17. The molecule has 0 saturated heterocycles. The second-order valence-electron chi connectivity index (χ2n) is 12.5. The molecule has 5 atom stereocenters. The van der Waals surface area contributed by atoms with Gasteiger partial charge in [-0.3, -0.25) is 14.5 Å². The lowest BCUT2D eigenvalue weighted by Crippen LogP contribution is -2.52. The molecule has 198 valence electrons. The fraction of sp³-hybridized carbons (Fsp3) is 0.515. The van der Waals surface area contributed by atoms with Gasteiger partial charge in [0, 0.05) is 31.1 Å². The summed E-state index contributed by atoms with van der Waals surface area (Å²) in [6.45, 7) is 13.6. The van der Waals surface area contributed by atoms with Gasteiger partial charge in [-0.15, -0.1) is 6.58 Å². The van der Waals surface area contributed by atoms with Gasteiger partial charge in [0.25, 0.3) is 0 Å². The first kappa shape index (κ1) is 27.3. The van der Waals surface area contributed by atoms with E-state index >= 15 is 0 Å². The minimum Gasteiger partial charge on any atom is -0.351 e. The Kier molecular flexibility index (Phi) is 8.38. The van der Waals surface area contributed by atoms with Crippen LogP contribution < -0.4 is 5.32 Å². The average molecular weight is 501 g/mol. The summed E-state index contributed by atoms with van der Waals surface area (Å²) in [4.78, 5) is 29.0. The van der Waals surface area contributed by atoms with Gasteiger partial charge in [0.2, 0.25) is 5.91 Å². The second kappa shape index (κ2) is 11.3. The van der Waals surface area contributed by atoms with Crippen LogP contribution in [0, 0.1) is 23.2 Å². The van der Waals surface area contributed by atoms with Crippen molar-refractivity contribution in [3.63, 3.8) is 0 Å². The SMILES string of the molecule is C=CCC1[C@@H]2CC(N(Cc3ccccc3)Cc3ccccc3)C[C@@H]2CC1(CC(C)=O)C(=O)NC(C)(C)C. The molecular weight excluding hydrogens is 456 g/mol. The summed E-state index contributed by atoms with van der Waals surface area (Å²) in [6, 6.07) is 21.9.